The second kappa shape index (κ2) is 5.31. The molecule has 0 aliphatic heterocycles. The van der Waals surface area contributed by atoms with E-state index in [1.807, 2.05) is 0 Å². The lowest BCUT2D eigenvalue weighted by Crippen LogP contribution is -2.34. The minimum Gasteiger partial charge on any atom is -0.484 e. The lowest BCUT2D eigenvalue weighted by Gasteiger charge is -2.17. The predicted molar refractivity (Wildman–Crippen MR) is 50.7 cm³/mol. The Morgan fingerprint density at radius 3 is 2.47 bits per heavy atom. The van der Waals surface area contributed by atoms with E-state index in [1.54, 1.807) is 0 Å². The zero-order valence-electron chi connectivity index (χ0n) is 8.60. The van der Waals surface area contributed by atoms with E-state index in [4.69, 9.17) is 5.73 Å². The molecule has 0 spiro atoms. The Morgan fingerprint density at radius 2 is 1.94 bits per heavy atom. The highest BCUT2D eigenvalue weighted by Gasteiger charge is 2.42. The van der Waals surface area contributed by atoms with Gasteiger partial charge >= 0.3 is 12.3 Å². The Kier molecular flexibility index (Phi) is 4.28. The van der Waals surface area contributed by atoms with Gasteiger partial charge in [0.25, 0.3) is 0 Å². The SMILES string of the molecule is NCc1cccc(F)c1OCC(F)(F)C(F)F. The number of halogens is 5. The normalized spacial score (nSPS) is 11.9. The van der Waals surface area contributed by atoms with Gasteiger partial charge < -0.3 is 10.5 Å². The van der Waals surface area contributed by atoms with Gasteiger partial charge in [-0.3, -0.25) is 0 Å². The Hall–Kier alpha value is -1.37. The second-order valence-corrected chi connectivity index (χ2v) is 3.28. The number of ether oxygens (including phenoxy) is 1. The van der Waals surface area contributed by atoms with E-state index in [1.165, 1.54) is 12.1 Å². The fourth-order valence-electron chi connectivity index (χ4n) is 1.11. The van der Waals surface area contributed by atoms with Crippen LogP contribution in [-0.2, 0) is 6.54 Å². The largest absolute Gasteiger partial charge is 0.484 e. The minimum absolute atomic E-state index is 0.134. The summed E-state index contributed by atoms with van der Waals surface area (Å²) in [5.74, 6) is -5.76. The van der Waals surface area contributed by atoms with Crippen molar-refractivity contribution in [2.45, 2.75) is 18.9 Å². The molecule has 2 nitrogen and oxygen atoms in total. The Labute approximate surface area is 94.2 Å². The van der Waals surface area contributed by atoms with Crippen molar-refractivity contribution in [3.8, 4) is 5.75 Å². The molecule has 1 aromatic carbocycles. The van der Waals surface area contributed by atoms with Crippen LogP contribution in [0.5, 0.6) is 5.75 Å². The zero-order chi connectivity index (χ0) is 13.1. The van der Waals surface area contributed by atoms with Gasteiger partial charge in [0.15, 0.2) is 18.2 Å². The van der Waals surface area contributed by atoms with Gasteiger partial charge in [-0.2, -0.15) is 8.78 Å². The summed E-state index contributed by atoms with van der Waals surface area (Å²) in [7, 11) is 0. The van der Waals surface area contributed by atoms with Crippen molar-refractivity contribution in [2.24, 2.45) is 5.73 Å². The molecule has 2 N–H and O–H groups in total. The minimum atomic E-state index is -4.33. The zero-order valence-corrected chi connectivity index (χ0v) is 8.60. The summed E-state index contributed by atoms with van der Waals surface area (Å²) in [4.78, 5) is 0. The van der Waals surface area contributed by atoms with Crippen LogP contribution in [0.3, 0.4) is 0 Å². The smallest absolute Gasteiger partial charge is 0.340 e. The quantitative estimate of drug-likeness (QED) is 0.821. The topological polar surface area (TPSA) is 35.2 Å². The summed E-state index contributed by atoms with van der Waals surface area (Å²) in [6.45, 7) is -1.74. The lowest BCUT2D eigenvalue weighted by molar-refractivity contribution is -0.148. The van der Waals surface area contributed by atoms with Crippen molar-refractivity contribution in [1.29, 1.82) is 0 Å². The van der Waals surface area contributed by atoms with Crippen molar-refractivity contribution in [3.05, 3.63) is 29.6 Å². The lowest BCUT2D eigenvalue weighted by atomic mass is 10.2. The molecular weight excluding hydrogens is 245 g/mol. The van der Waals surface area contributed by atoms with Crippen molar-refractivity contribution in [2.75, 3.05) is 6.61 Å². The molecule has 7 heteroatoms. The third kappa shape index (κ3) is 3.29. The molecule has 0 radical (unpaired) electrons. The summed E-state index contributed by atoms with van der Waals surface area (Å²) in [5, 5.41) is 0. The number of nitrogens with two attached hydrogens (primary N) is 1. The predicted octanol–water partition coefficient (Wildman–Crippen LogP) is 2.56. The molecular formula is C10H10F5NO. The third-order valence-corrected chi connectivity index (χ3v) is 2.00. The monoisotopic (exact) mass is 255 g/mol. The molecule has 0 fully saturated rings. The van der Waals surface area contributed by atoms with Crippen molar-refractivity contribution in [3.63, 3.8) is 0 Å². The van der Waals surface area contributed by atoms with Gasteiger partial charge in [0.1, 0.15) is 0 Å². The standard InChI is InChI=1S/C10H10F5NO/c11-7-3-1-2-6(4-16)8(7)17-5-10(14,15)9(12)13/h1-3,9H,4-5,16H2. The van der Waals surface area contributed by atoms with Crippen molar-refractivity contribution >= 4 is 0 Å². The van der Waals surface area contributed by atoms with Crippen LogP contribution in [0.2, 0.25) is 0 Å². The molecule has 1 aromatic rings. The van der Waals surface area contributed by atoms with Gasteiger partial charge in [-0.1, -0.05) is 12.1 Å². The van der Waals surface area contributed by atoms with Gasteiger partial charge in [-0.15, -0.1) is 0 Å². The number of hydrogen-bond donors (Lipinski definition) is 1. The molecule has 0 aliphatic rings. The van der Waals surface area contributed by atoms with E-state index in [0.717, 1.165) is 6.07 Å². The number of alkyl halides is 4. The molecule has 0 unspecified atom stereocenters. The third-order valence-electron chi connectivity index (χ3n) is 2.00. The van der Waals surface area contributed by atoms with E-state index in [-0.39, 0.29) is 12.1 Å². The van der Waals surface area contributed by atoms with Gasteiger partial charge in [0, 0.05) is 12.1 Å². The molecule has 0 bridgehead atoms. The van der Waals surface area contributed by atoms with E-state index >= 15 is 0 Å². The summed E-state index contributed by atoms with van der Waals surface area (Å²) >= 11 is 0. The average molecular weight is 255 g/mol. The molecule has 0 aromatic heterocycles. The molecule has 0 amide bonds. The summed E-state index contributed by atoms with van der Waals surface area (Å²) in [5.41, 5.74) is 5.37. The molecule has 96 valence electrons. The van der Waals surface area contributed by atoms with Crippen LogP contribution in [0.4, 0.5) is 22.0 Å². The maximum Gasteiger partial charge on any atom is 0.340 e. The number of hydrogen-bond acceptors (Lipinski definition) is 2. The summed E-state index contributed by atoms with van der Waals surface area (Å²) in [6.07, 6.45) is -3.87. The van der Waals surface area contributed by atoms with Crippen LogP contribution in [-0.4, -0.2) is 19.0 Å². The molecule has 0 aliphatic carbocycles. The maximum absolute atomic E-state index is 13.2. The highest BCUT2D eigenvalue weighted by atomic mass is 19.3. The molecule has 17 heavy (non-hydrogen) atoms. The highest BCUT2D eigenvalue weighted by molar-refractivity contribution is 5.34. The van der Waals surface area contributed by atoms with Crippen LogP contribution in [0, 0.1) is 5.82 Å². The average Bonchev–Trinajstić information content (AvgIpc) is 2.26. The first-order valence-electron chi connectivity index (χ1n) is 4.64. The van der Waals surface area contributed by atoms with E-state index in [2.05, 4.69) is 4.74 Å². The second-order valence-electron chi connectivity index (χ2n) is 3.28. The van der Waals surface area contributed by atoms with Crippen LogP contribution >= 0.6 is 0 Å². The molecule has 1 rings (SSSR count). The number of benzene rings is 1. The van der Waals surface area contributed by atoms with Gasteiger partial charge in [0.05, 0.1) is 0 Å². The first-order valence-corrected chi connectivity index (χ1v) is 4.64. The van der Waals surface area contributed by atoms with Crippen LogP contribution in [0.25, 0.3) is 0 Å². The Bertz CT molecular complexity index is 383. The molecule has 0 heterocycles. The van der Waals surface area contributed by atoms with Gasteiger partial charge in [-0.05, 0) is 6.07 Å². The Balaban J connectivity index is 2.82. The van der Waals surface area contributed by atoms with E-state index in [9.17, 15) is 22.0 Å². The number of rotatable bonds is 5. The molecule has 0 atom stereocenters. The fourth-order valence-corrected chi connectivity index (χ4v) is 1.11. The Morgan fingerprint density at radius 1 is 1.29 bits per heavy atom. The fraction of sp³-hybridized carbons (Fsp3) is 0.400. The summed E-state index contributed by atoms with van der Waals surface area (Å²) < 4.78 is 66.4. The summed E-state index contributed by atoms with van der Waals surface area (Å²) in [6, 6.07) is 3.64. The molecule has 0 saturated carbocycles. The van der Waals surface area contributed by atoms with Gasteiger partial charge in [0.2, 0.25) is 0 Å². The van der Waals surface area contributed by atoms with Crippen LogP contribution in [0.1, 0.15) is 5.56 Å². The van der Waals surface area contributed by atoms with Gasteiger partial charge in [-0.25, -0.2) is 13.2 Å². The van der Waals surface area contributed by atoms with Crippen LogP contribution < -0.4 is 10.5 Å². The molecule has 0 saturated heterocycles. The van der Waals surface area contributed by atoms with E-state index in [0.29, 0.717) is 0 Å². The first kappa shape index (κ1) is 13.7. The van der Waals surface area contributed by atoms with Crippen molar-refractivity contribution in [1.82, 2.24) is 0 Å². The van der Waals surface area contributed by atoms with Crippen molar-refractivity contribution < 1.29 is 26.7 Å². The highest BCUT2D eigenvalue weighted by Crippen LogP contribution is 2.27. The first-order chi connectivity index (χ1) is 7.88. The van der Waals surface area contributed by atoms with E-state index < -0.39 is 30.5 Å². The van der Waals surface area contributed by atoms with Crippen LogP contribution in [0.15, 0.2) is 18.2 Å². The maximum atomic E-state index is 13.2. The number of para-hydroxylation sites is 1.